The lowest BCUT2D eigenvalue weighted by atomic mass is 10.0. The van der Waals surface area contributed by atoms with Crippen LogP contribution < -0.4 is 20.3 Å². The predicted molar refractivity (Wildman–Crippen MR) is 127 cm³/mol. The minimum absolute atomic E-state index is 0. The highest BCUT2D eigenvalue weighted by Gasteiger charge is 2.23. The minimum Gasteiger partial charge on any atom is -0.497 e. The molecule has 1 saturated heterocycles. The molecule has 1 aliphatic rings. The summed E-state index contributed by atoms with van der Waals surface area (Å²) >= 11 is 0. The number of nitrogens with zero attached hydrogens (tertiary/aromatic N) is 2. The maximum Gasteiger partial charge on any atom is 0.191 e. The number of hydrogen-bond donors (Lipinski definition) is 2. The highest BCUT2D eigenvalue weighted by molar-refractivity contribution is 14.0. The van der Waals surface area contributed by atoms with E-state index in [1.54, 1.807) is 7.11 Å². The number of methoxy groups -OCH3 is 1. The molecule has 1 aliphatic heterocycles. The molecule has 1 heterocycles. The van der Waals surface area contributed by atoms with Crippen molar-refractivity contribution >= 4 is 35.6 Å². The summed E-state index contributed by atoms with van der Waals surface area (Å²) in [6, 6.07) is 8.78. The normalized spacial score (nSPS) is 18.2. The van der Waals surface area contributed by atoms with E-state index < -0.39 is 0 Å². The summed E-state index contributed by atoms with van der Waals surface area (Å²) in [5.74, 6) is 3.21. The van der Waals surface area contributed by atoms with Crippen molar-refractivity contribution in [3.63, 3.8) is 0 Å². The lowest BCUT2D eigenvalue weighted by molar-refractivity contribution is 0.415. The van der Waals surface area contributed by atoms with Crippen molar-refractivity contribution in [2.24, 2.45) is 16.8 Å². The van der Waals surface area contributed by atoms with E-state index in [4.69, 9.17) is 4.74 Å². The average molecular weight is 488 g/mol. The van der Waals surface area contributed by atoms with Crippen LogP contribution in [0.5, 0.6) is 5.75 Å². The lowest BCUT2D eigenvalue weighted by Gasteiger charge is -2.21. The van der Waals surface area contributed by atoms with E-state index in [0.29, 0.717) is 12.0 Å². The predicted octanol–water partition coefficient (Wildman–Crippen LogP) is 4.13. The van der Waals surface area contributed by atoms with Crippen molar-refractivity contribution in [2.75, 3.05) is 38.7 Å². The molecule has 2 rings (SSSR count). The van der Waals surface area contributed by atoms with E-state index in [1.165, 1.54) is 24.9 Å². The molecule has 0 saturated carbocycles. The second kappa shape index (κ2) is 12.3. The van der Waals surface area contributed by atoms with Crippen molar-refractivity contribution in [1.82, 2.24) is 10.6 Å². The van der Waals surface area contributed by atoms with E-state index in [0.717, 1.165) is 37.3 Å². The van der Waals surface area contributed by atoms with Crippen molar-refractivity contribution in [1.29, 1.82) is 0 Å². The molecular formula is C21H37IN4O. The van der Waals surface area contributed by atoms with Crippen molar-refractivity contribution in [3.8, 4) is 5.75 Å². The fourth-order valence-corrected chi connectivity index (χ4v) is 3.37. The van der Waals surface area contributed by atoms with E-state index >= 15 is 0 Å². The van der Waals surface area contributed by atoms with Gasteiger partial charge in [-0.2, -0.15) is 0 Å². The molecule has 1 aromatic rings. The second-order valence-corrected chi connectivity index (χ2v) is 7.77. The Morgan fingerprint density at radius 1 is 1.30 bits per heavy atom. The standard InChI is InChI=1S/C21H36N4O.HI/c1-16(2)9-10-17(3)24-21(22-4)23-14-18-11-12-25(15-18)19-7-6-8-20(13-19)26-5;/h6-8,13,16-18H,9-12,14-15H2,1-5H3,(H2,22,23,24);1H. The number of rotatable bonds is 8. The van der Waals surface area contributed by atoms with Gasteiger partial charge in [0.15, 0.2) is 5.96 Å². The highest BCUT2D eigenvalue weighted by atomic mass is 127. The van der Waals surface area contributed by atoms with Gasteiger partial charge in [0.2, 0.25) is 0 Å². The van der Waals surface area contributed by atoms with Crippen LogP contribution in [-0.2, 0) is 0 Å². The lowest BCUT2D eigenvalue weighted by Crippen LogP contribution is -2.44. The molecule has 154 valence electrons. The number of hydrogen-bond acceptors (Lipinski definition) is 3. The summed E-state index contributed by atoms with van der Waals surface area (Å²) in [6.45, 7) is 9.89. The Hall–Kier alpha value is -1.18. The SMILES string of the molecule is CN=C(NCC1CCN(c2cccc(OC)c2)C1)NC(C)CCC(C)C.I. The zero-order chi connectivity index (χ0) is 18.9. The summed E-state index contributed by atoms with van der Waals surface area (Å²) in [6.07, 6.45) is 3.61. The summed E-state index contributed by atoms with van der Waals surface area (Å²) in [4.78, 5) is 6.82. The van der Waals surface area contributed by atoms with Crippen LogP contribution in [0.1, 0.15) is 40.0 Å². The third kappa shape index (κ3) is 8.15. The first kappa shape index (κ1) is 23.9. The molecule has 5 nitrogen and oxygen atoms in total. The quantitative estimate of drug-likeness (QED) is 0.328. The van der Waals surface area contributed by atoms with Gasteiger partial charge in [-0.25, -0.2) is 0 Å². The Kier molecular flexibility index (Phi) is 10.9. The van der Waals surface area contributed by atoms with Gasteiger partial charge in [0, 0.05) is 44.5 Å². The van der Waals surface area contributed by atoms with E-state index in [2.05, 4.69) is 59.5 Å². The zero-order valence-corrected chi connectivity index (χ0v) is 19.8. The molecule has 1 fully saturated rings. The summed E-state index contributed by atoms with van der Waals surface area (Å²) in [5.41, 5.74) is 1.25. The van der Waals surface area contributed by atoms with Gasteiger partial charge in [-0.05, 0) is 50.2 Å². The maximum atomic E-state index is 5.34. The van der Waals surface area contributed by atoms with E-state index in [-0.39, 0.29) is 24.0 Å². The van der Waals surface area contributed by atoms with Gasteiger partial charge in [0.25, 0.3) is 0 Å². The van der Waals surface area contributed by atoms with Crippen LogP contribution in [0.4, 0.5) is 5.69 Å². The maximum absolute atomic E-state index is 5.34. The number of ether oxygens (including phenoxy) is 1. The Morgan fingerprint density at radius 2 is 2.07 bits per heavy atom. The number of aliphatic imine (C=N–C) groups is 1. The van der Waals surface area contributed by atoms with Crippen LogP contribution in [0.2, 0.25) is 0 Å². The third-order valence-corrected chi connectivity index (χ3v) is 5.05. The fourth-order valence-electron chi connectivity index (χ4n) is 3.37. The third-order valence-electron chi connectivity index (χ3n) is 5.05. The molecule has 0 radical (unpaired) electrons. The van der Waals surface area contributed by atoms with Crippen molar-refractivity contribution in [2.45, 2.75) is 46.1 Å². The Balaban J connectivity index is 0.00000364. The number of halogens is 1. The van der Waals surface area contributed by atoms with Gasteiger partial charge in [0.05, 0.1) is 7.11 Å². The number of nitrogens with one attached hydrogen (secondary N) is 2. The van der Waals surface area contributed by atoms with Gasteiger partial charge in [-0.3, -0.25) is 4.99 Å². The van der Waals surface area contributed by atoms with E-state index in [1.807, 2.05) is 13.1 Å². The topological polar surface area (TPSA) is 48.9 Å². The first-order valence-electron chi connectivity index (χ1n) is 9.88. The van der Waals surface area contributed by atoms with Gasteiger partial charge >= 0.3 is 0 Å². The average Bonchev–Trinajstić information content (AvgIpc) is 3.12. The molecule has 2 N–H and O–H groups in total. The van der Waals surface area contributed by atoms with Crippen LogP contribution in [0.3, 0.4) is 0 Å². The Morgan fingerprint density at radius 3 is 2.74 bits per heavy atom. The highest BCUT2D eigenvalue weighted by Crippen LogP contribution is 2.26. The van der Waals surface area contributed by atoms with Crippen molar-refractivity contribution < 1.29 is 4.74 Å². The van der Waals surface area contributed by atoms with Crippen LogP contribution >= 0.6 is 24.0 Å². The van der Waals surface area contributed by atoms with Gasteiger partial charge in [0.1, 0.15) is 5.75 Å². The molecule has 2 unspecified atom stereocenters. The fraction of sp³-hybridized carbons (Fsp3) is 0.667. The molecule has 0 aromatic heterocycles. The molecule has 27 heavy (non-hydrogen) atoms. The first-order valence-corrected chi connectivity index (χ1v) is 9.88. The molecule has 2 atom stereocenters. The summed E-state index contributed by atoms with van der Waals surface area (Å²) in [5, 5.41) is 7.02. The molecule has 0 amide bonds. The number of anilines is 1. The van der Waals surface area contributed by atoms with Crippen LogP contribution in [0, 0.1) is 11.8 Å². The van der Waals surface area contributed by atoms with Crippen LogP contribution in [0.15, 0.2) is 29.3 Å². The smallest absolute Gasteiger partial charge is 0.191 e. The number of guanidine groups is 1. The Labute approximate surface area is 182 Å². The first-order chi connectivity index (χ1) is 12.5. The molecule has 1 aromatic carbocycles. The van der Waals surface area contributed by atoms with Crippen molar-refractivity contribution in [3.05, 3.63) is 24.3 Å². The molecule has 6 heteroatoms. The summed E-state index contributed by atoms with van der Waals surface area (Å²) in [7, 11) is 3.57. The summed E-state index contributed by atoms with van der Waals surface area (Å²) < 4.78 is 5.34. The van der Waals surface area contributed by atoms with E-state index in [9.17, 15) is 0 Å². The molecular weight excluding hydrogens is 451 g/mol. The minimum atomic E-state index is 0. The second-order valence-electron chi connectivity index (χ2n) is 7.77. The monoisotopic (exact) mass is 488 g/mol. The molecule has 0 aliphatic carbocycles. The van der Waals surface area contributed by atoms with Crippen LogP contribution in [0.25, 0.3) is 0 Å². The number of benzene rings is 1. The zero-order valence-electron chi connectivity index (χ0n) is 17.5. The van der Waals surface area contributed by atoms with Gasteiger partial charge in [-0.1, -0.05) is 19.9 Å². The van der Waals surface area contributed by atoms with Gasteiger partial charge < -0.3 is 20.3 Å². The largest absolute Gasteiger partial charge is 0.497 e. The Bertz CT molecular complexity index is 579. The molecule has 0 bridgehead atoms. The van der Waals surface area contributed by atoms with Crippen LogP contribution in [-0.4, -0.2) is 45.8 Å². The van der Waals surface area contributed by atoms with Gasteiger partial charge in [-0.15, -0.1) is 24.0 Å². The molecule has 0 spiro atoms.